The molecule has 0 saturated heterocycles. The maximum Gasteiger partial charge on any atom is 0.262 e. The third kappa shape index (κ3) is 4.22. The highest BCUT2D eigenvalue weighted by atomic mass is 32.1. The number of thiophene rings is 2. The minimum absolute atomic E-state index is 0.000547. The number of carbonyl (C=O) groups is 4. The van der Waals surface area contributed by atoms with Gasteiger partial charge in [-0.1, -0.05) is 52.4 Å². The van der Waals surface area contributed by atoms with Gasteiger partial charge in [0, 0.05) is 44.9 Å². The van der Waals surface area contributed by atoms with Crippen LogP contribution in [0, 0.1) is 35.8 Å². The Kier molecular flexibility index (Phi) is 8.04. The number of carbonyl (C=O) groups excluding carboxylic acids is 4. The molecule has 0 bridgehead atoms. The molecule has 2 aliphatic rings. The Morgan fingerprint density at radius 3 is 1.59 bits per heavy atom. The molecule has 0 saturated carbocycles. The van der Waals surface area contributed by atoms with Crippen molar-refractivity contribution in [2.75, 3.05) is 13.1 Å². The molecule has 0 fully saturated rings. The molecule has 4 aromatic rings. The molecule has 228 valence electrons. The van der Waals surface area contributed by atoms with Gasteiger partial charge < -0.3 is 0 Å². The van der Waals surface area contributed by atoms with E-state index in [4.69, 9.17) is 13.1 Å². The smallest absolute Gasteiger partial charge is 0.262 e. The molecule has 12 heteroatoms. The number of nitriles is 2. The highest BCUT2D eigenvalue weighted by Gasteiger charge is 2.45. The minimum Gasteiger partial charge on any atom is -0.274 e. The molecule has 4 amide bonds. The number of imide groups is 2. The lowest BCUT2D eigenvalue weighted by atomic mass is 9.81. The van der Waals surface area contributed by atoms with Crippen molar-refractivity contribution in [2.24, 2.45) is 0 Å². The van der Waals surface area contributed by atoms with Crippen LogP contribution >= 0.6 is 22.7 Å². The first-order chi connectivity index (χ1) is 22.3. The normalized spacial score (nSPS) is 13.9. The van der Waals surface area contributed by atoms with Gasteiger partial charge in [0.1, 0.15) is 17.0 Å². The number of nitrogens with zero attached hydrogens (tertiary/aromatic N) is 6. The SMILES string of the molecule is [C-]#[N+]c1sc2c3c4c(c5c(C#N)c(C#N)sc5c5c4c(c2c1[N+]#[C-])C(=O)N(CCCCCC)C5=O)C(=O)N(CCCCCC)C3=O. The maximum absolute atomic E-state index is 14.4. The van der Waals surface area contributed by atoms with Crippen molar-refractivity contribution in [1.82, 2.24) is 9.80 Å². The third-order valence-electron chi connectivity index (χ3n) is 8.71. The highest BCUT2D eigenvalue weighted by molar-refractivity contribution is 7.24. The zero-order valence-corrected chi connectivity index (χ0v) is 26.8. The molecule has 0 unspecified atom stereocenters. The standard InChI is InChI=1S/C34H26N6O4S2/c1-5-7-9-11-13-39-31(41)22-19-17(15-35)18(16-36)45-28(19)25-21-20(22)26(34(39)44)29-24(27(37-3)30(38-4)46-29)23(21)32(42)40(33(25)43)14-12-10-8-6-2/h5-14H2,1-2H3. The number of amides is 4. The van der Waals surface area contributed by atoms with Crippen LogP contribution in [0.3, 0.4) is 0 Å². The number of rotatable bonds is 10. The molecule has 0 N–H and O–H groups in total. The Bertz CT molecular complexity index is 2080. The van der Waals surface area contributed by atoms with Gasteiger partial charge in [0.15, 0.2) is 0 Å². The van der Waals surface area contributed by atoms with Gasteiger partial charge in [0.2, 0.25) is 10.7 Å². The summed E-state index contributed by atoms with van der Waals surface area (Å²) in [4.78, 5) is 66.9. The van der Waals surface area contributed by atoms with Crippen LogP contribution < -0.4 is 0 Å². The molecule has 2 aromatic carbocycles. The van der Waals surface area contributed by atoms with E-state index in [1.54, 1.807) is 0 Å². The Balaban J connectivity index is 1.81. The molecule has 2 aromatic heterocycles. The summed E-state index contributed by atoms with van der Waals surface area (Å²) in [6.45, 7) is 20.1. The van der Waals surface area contributed by atoms with Crippen molar-refractivity contribution < 1.29 is 19.2 Å². The Morgan fingerprint density at radius 2 is 1.13 bits per heavy atom. The average molecular weight is 647 g/mol. The monoisotopic (exact) mass is 646 g/mol. The van der Waals surface area contributed by atoms with Gasteiger partial charge >= 0.3 is 0 Å². The Hall–Kier alpha value is -5.14. The van der Waals surface area contributed by atoms with E-state index in [0.717, 1.165) is 71.0 Å². The molecule has 10 nitrogen and oxygen atoms in total. The van der Waals surface area contributed by atoms with Crippen LogP contribution in [0.1, 0.15) is 117 Å². The van der Waals surface area contributed by atoms with Crippen molar-refractivity contribution in [1.29, 1.82) is 10.5 Å². The van der Waals surface area contributed by atoms with Gasteiger partial charge in [-0.2, -0.15) is 21.9 Å². The topological polar surface area (TPSA) is 131 Å². The molecule has 2 aliphatic heterocycles. The molecule has 0 aliphatic carbocycles. The fourth-order valence-electron chi connectivity index (χ4n) is 6.62. The van der Waals surface area contributed by atoms with Gasteiger partial charge in [-0.15, -0.1) is 11.3 Å². The molecule has 0 atom stereocenters. The second-order valence-corrected chi connectivity index (χ2v) is 13.3. The number of unbranched alkanes of at least 4 members (excludes halogenated alkanes) is 6. The molecule has 4 heterocycles. The van der Waals surface area contributed by atoms with Crippen molar-refractivity contribution >= 4 is 87.9 Å². The summed E-state index contributed by atoms with van der Waals surface area (Å²) in [5.74, 6) is -2.60. The van der Waals surface area contributed by atoms with Crippen molar-refractivity contribution in [3.05, 3.63) is 55.5 Å². The first-order valence-electron chi connectivity index (χ1n) is 15.2. The zero-order valence-electron chi connectivity index (χ0n) is 25.2. The fraction of sp³-hybridized carbons (Fsp3) is 0.353. The molecule has 0 radical (unpaired) electrons. The van der Waals surface area contributed by atoms with Crippen molar-refractivity contribution in [3.63, 3.8) is 0 Å². The van der Waals surface area contributed by atoms with E-state index >= 15 is 0 Å². The summed E-state index contributed by atoms with van der Waals surface area (Å²) in [5, 5.41) is 20.7. The molecular weight excluding hydrogens is 621 g/mol. The molecule has 46 heavy (non-hydrogen) atoms. The maximum atomic E-state index is 14.4. The number of hydrogen-bond donors (Lipinski definition) is 0. The van der Waals surface area contributed by atoms with Gasteiger partial charge in [0.25, 0.3) is 23.6 Å². The molecule has 0 spiro atoms. The fourth-order valence-corrected chi connectivity index (χ4v) is 8.79. The van der Waals surface area contributed by atoms with E-state index in [1.807, 2.05) is 19.9 Å². The quantitative estimate of drug-likeness (QED) is 0.0965. The Morgan fingerprint density at radius 1 is 0.630 bits per heavy atom. The second-order valence-electron chi connectivity index (χ2n) is 11.3. The summed E-state index contributed by atoms with van der Waals surface area (Å²) >= 11 is 1.82. The van der Waals surface area contributed by atoms with E-state index in [0.29, 0.717) is 12.8 Å². The van der Waals surface area contributed by atoms with Crippen LogP contribution in [0.25, 0.3) is 40.6 Å². The Labute approximate surface area is 272 Å². The summed E-state index contributed by atoms with van der Waals surface area (Å²) in [6.07, 6.45) is 6.34. The van der Waals surface area contributed by atoms with Gasteiger partial charge in [0.05, 0.1) is 40.1 Å². The van der Waals surface area contributed by atoms with Crippen LogP contribution in [0.15, 0.2) is 0 Å². The lowest BCUT2D eigenvalue weighted by Gasteiger charge is -2.33. The van der Waals surface area contributed by atoms with Gasteiger partial charge in [-0.25, -0.2) is 9.69 Å². The van der Waals surface area contributed by atoms with Crippen molar-refractivity contribution in [3.8, 4) is 12.1 Å². The average Bonchev–Trinajstić information content (AvgIpc) is 3.62. The lowest BCUT2D eigenvalue weighted by molar-refractivity contribution is 0.0590. The second kappa shape index (κ2) is 12.0. The van der Waals surface area contributed by atoms with Crippen molar-refractivity contribution in [2.45, 2.75) is 65.2 Å². The summed E-state index contributed by atoms with van der Waals surface area (Å²) in [7, 11) is 0. The minimum atomic E-state index is -0.663. The number of hydrogen-bond acceptors (Lipinski definition) is 8. The van der Waals surface area contributed by atoms with E-state index in [1.165, 1.54) is 0 Å². The predicted molar refractivity (Wildman–Crippen MR) is 176 cm³/mol. The zero-order chi connectivity index (χ0) is 32.9. The first kappa shape index (κ1) is 30.9. The van der Waals surface area contributed by atoms with Crippen LogP contribution in [-0.4, -0.2) is 46.5 Å². The first-order valence-corrected chi connectivity index (χ1v) is 16.8. The lowest BCUT2D eigenvalue weighted by Crippen LogP contribution is -2.44. The van der Waals surface area contributed by atoms with Crippen LogP contribution in [0.5, 0.6) is 0 Å². The third-order valence-corrected chi connectivity index (χ3v) is 10.9. The summed E-state index contributed by atoms with van der Waals surface area (Å²) < 4.78 is 0.446. The van der Waals surface area contributed by atoms with E-state index in [9.17, 15) is 29.7 Å². The van der Waals surface area contributed by atoms with Crippen LogP contribution in [-0.2, 0) is 0 Å². The summed E-state index contributed by atoms with van der Waals surface area (Å²) in [5.41, 5.74) is -0.0704. The highest BCUT2D eigenvalue weighted by Crippen LogP contribution is 2.55. The number of benzene rings is 2. The van der Waals surface area contributed by atoms with Crippen LogP contribution in [0.2, 0.25) is 0 Å². The van der Waals surface area contributed by atoms with Gasteiger partial charge in [-0.05, 0) is 12.8 Å². The van der Waals surface area contributed by atoms with E-state index in [2.05, 4.69) is 15.8 Å². The molecule has 6 rings (SSSR count). The summed E-state index contributed by atoms with van der Waals surface area (Å²) in [6, 6.07) is 4.09. The largest absolute Gasteiger partial charge is 0.274 e. The van der Waals surface area contributed by atoms with Gasteiger partial charge in [-0.3, -0.25) is 29.0 Å². The van der Waals surface area contributed by atoms with E-state index in [-0.39, 0.29) is 87.4 Å². The number of fused-ring (bicyclic) bond motifs is 6. The van der Waals surface area contributed by atoms with E-state index < -0.39 is 23.6 Å². The van der Waals surface area contributed by atoms with Crippen LogP contribution in [0.4, 0.5) is 10.7 Å². The molecular formula is C34H26N6O4S2. The predicted octanol–water partition coefficient (Wildman–Crippen LogP) is 8.47.